The predicted octanol–water partition coefficient (Wildman–Crippen LogP) is 3.06. The number of piperazine rings is 1. The number of aromatic nitrogens is 3. The molecular formula is C23H27FN6O. The molecule has 3 atom stereocenters. The highest BCUT2D eigenvalue weighted by Crippen LogP contribution is 2.32. The predicted molar refractivity (Wildman–Crippen MR) is 118 cm³/mol. The second-order valence-electron chi connectivity index (χ2n) is 8.42. The minimum Gasteiger partial charge on any atom is -0.364 e. The van der Waals surface area contributed by atoms with Crippen LogP contribution in [0, 0.1) is 17.1 Å². The number of halogens is 1. The maximum atomic E-state index is 13.7. The molecule has 0 N–H and O–H groups in total. The molecular weight excluding hydrogens is 395 g/mol. The Labute approximate surface area is 180 Å². The number of anilines is 1. The Balaban J connectivity index is 1.67. The zero-order chi connectivity index (χ0) is 22.3. The molecule has 7 nitrogen and oxygen atoms in total. The topological polar surface area (TPSA) is 70.1 Å². The first kappa shape index (κ1) is 21.1. The lowest BCUT2D eigenvalue weighted by atomic mass is 10.00. The molecule has 0 aliphatic carbocycles. The van der Waals surface area contributed by atoms with Gasteiger partial charge in [0.2, 0.25) is 0 Å². The summed E-state index contributed by atoms with van der Waals surface area (Å²) in [6, 6.07) is 10.9. The van der Waals surface area contributed by atoms with Crippen molar-refractivity contribution in [1.29, 1.82) is 5.26 Å². The standard InChI is InChI=1S/C23H27FN6O/c1-15-13-30(16(2)12-29(15)17(3)18-6-5-7-19(24)10-18)20-11-22(31)27(4)21-14-28(9-8-25)26-23(20)21/h5-7,10-11,14-17H,9,12-13H2,1-4H3/t15-,16+,17?/m1/s1. The number of hydrogen-bond donors (Lipinski definition) is 0. The molecule has 0 radical (unpaired) electrons. The van der Waals surface area contributed by atoms with Gasteiger partial charge in [-0.15, -0.1) is 0 Å². The maximum Gasteiger partial charge on any atom is 0.252 e. The van der Waals surface area contributed by atoms with Crippen molar-refractivity contribution in [3.8, 4) is 6.07 Å². The molecule has 3 heterocycles. The summed E-state index contributed by atoms with van der Waals surface area (Å²) in [5.74, 6) is -0.223. The van der Waals surface area contributed by atoms with E-state index < -0.39 is 0 Å². The molecule has 4 rings (SSSR count). The monoisotopic (exact) mass is 422 g/mol. The quantitative estimate of drug-likeness (QED) is 0.646. The minimum absolute atomic E-state index is 0.0776. The summed E-state index contributed by atoms with van der Waals surface area (Å²) in [7, 11) is 1.72. The lowest BCUT2D eigenvalue weighted by Gasteiger charge is -2.47. The van der Waals surface area contributed by atoms with Gasteiger partial charge >= 0.3 is 0 Å². The van der Waals surface area contributed by atoms with Crippen molar-refractivity contribution in [1.82, 2.24) is 19.2 Å². The molecule has 0 bridgehead atoms. The van der Waals surface area contributed by atoms with Crippen LogP contribution in [0.15, 0.2) is 41.3 Å². The van der Waals surface area contributed by atoms with Crippen LogP contribution in [0.3, 0.4) is 0 Å². The van der Waals surface area contributed by atoms with Gasteiger partial charge in [0.1, 0.15) is 17.9 Å². The number of aryl methyl sites for hydroxylation is 1. The van der Waals surface area contributed by atoms with E-state index in [1.54, 1.807) is 40.7 Å². The molecule has 0 spiro atoms. The second kappa shape index (κ2) is 8.16. The van der Waals surface area contributed by atoms with Gasteiger partial charge < -0.3 is 9.47 Å². The minimum atomic E-state index is -0.223. The number of nitriles is 1. The van der Waals surface area contributed by atoms with Crippen LogP contribution in [0.5, 0.6) is 0 Å². The first-order valence-electron chi connectivity index (χ1n) is 10.5. The van der Waals surface area contributed by atoms with E-state index in [1.807, 2.05) is 6.07 Å². The van der Waals surface area contributed by atoms with Gasteiger partial charge in [-0.3, -0.25) is 14.4 Å². The molecule has 3 aromatic rings. The fourth-order valence-electron chi connectivity index (χ4n) is 4.60. The number of hydrogen-bond acceptors (Lipinski definition) is 5. The summed E-state index contributed by atoms with van der Waals surface area (Å²) in [6.45, 7) is 8.01. The third-order valence-electron chi connectivity index (χ3n) is 6.34. The first-order valence-corrected chi connectivity index (χ1v) is 10.5. The number of fused-ring (bicyclic) bond motifs is 1. The molecule has 162 valence electrons. The maximum absolute atomic E-state index is 13.7. The van der Waals surface area contributed by atoms with Gasteiger partial charge in [-0.05, 0) is 38.5 Å². The summed E-state index contributed by atoms with van der Waals surface area (Å²) < 4.78 is 16.9. The summed E-state index contributed by atoms with van der Waals surface area (Å²) in [6.07, 6.45) is 1.75. The molecule has 1 fully saturated rings. The Bertz CT molecular complexity index is 1210. The van der Waals surface area contributed by atoms with Gasteiger partial charge in [-0.1, -0.05) is 12.1 Å². The van der Waals surface area contributed by atoms with Crippen molar-refractivity contribution in [3.05, 3.63) is 58.3 Å². The van der Waals surface area contributed by atoms with Gasteiger partial charge in [0.05, 0.1) is 23.5 Å². The second-order valence-corrected chi connectivity index (χ2v) is 8.42. The fourth-order valence-corrected chi connectivity index (χ4v) is 4.60. The van der Waals surface area contributed by atoms with Crippen LogP contribution in [0.25, 0.3) is 11.0 Å². The lowest BCUT2D eigenvalue weighted by molar-refractivity contribution is 0.119. The summed E-state index contributed by atoms with van der Waals surface area (Å²) in [5, 5.41) is 13.6. The van der Waals surface area contributed by atoms with E-state index in [0.29, 0.717) is 12.1 Å². The van der Waals surface area contributed by atoms with E-state index >= 15 is 0 Å². The van der Waals surface area contributed by atoms with Crippen molar-refractivity contribution in [2.24, 2.45) is 7.05 Å². The Kier molecular flexibility index (Phi) is 5.54. The molecule has 2 aromatic heterocycles. The molecule has 0 amide bonds. The van der Waals surface area contributed by atoms with Gasteiger partial charge in [-0.2, -0.15) is 10.4 Å². The summed E-state index contributed by atoms with van der Waals surface area (Å²) in [5.41, 5.74) is 3.09. The Morgan fingerprint density at radius 1 is 1.26 bits per heavy atom. The van der Waals surface area contributed by atoms with Gasteiger partial charge in [-0.25, -0.2) is 4.39 Å². The van der Waals surface area contributed by atoms with Crippen LogP contribution in [0.4, 0.5) is 10.1 Å². The molecule has 8 heteroatoms. The summed E-state index contributed by atoms with van der Waals surface area (Å²) in [4.78, 5) is 17.2. The van der Waals surface area contributed by atoms with E-state index in [4.69, 9.17) is 5.26 Å². The van der Waals surface area contributed by atoms with E-state index in [-0.39, 0.29) is 36.0 Å². The van der Waals surface area contributed by atoms with Crippen LogP contribution < -0.4 is 10.5 Å². The molecule has 0 saturated carbocycles. The van der Waals surface area contributed by atoms with E-state index in [2.05, 4.69) is 41.7 Å². The third-order valence-corrected chi connectivity index (χ3v) is 6.34. The Morgan fingerprint density at radius 3 is 2.74 bits per heavy atom. The van der Waals surface area contributed by atoms with Crippen molar-refractivity contribution in [2.75, 3.05) is 18.0 Å². The summed E-state index contributed by atoms with van der Waals surface area (Å²) >= 11 is 0. The van der Waals surface area contributed by atoms with Crippen molar-refractivity contribution in [3.63, 3.8) is 0 Å². The molecule has 1 aliphatic heterocycles. The third kappa shape index (κ3) is 3.81. The fraction of sp³-hybridized carbons (Fsp3) is 0.435. The van der Waals surface area contributed by atoms with E-state index in [0.717, 1.165) is 23.3 Å². The molecule has 1 aliphatic rings. The van der Waals surface area contributed by atoms with Crippen LogP contribution in [0.2, 0.25) is 0 Å². The van der Waals surface area contributed by atoms with Crippen LogP contribution in [0.1, 0.15) is 32.4 Å². The molecule has 1 aromatic carbocycles. The van der Waals surface area contributed by atoms with E-state index in [1.165, 1.54) is 6.07 Å². The molecule has 31 heavy (non-hydrogen) atoms. The van der Waals surface area contributed by atoms with Gasteiger partial charge in [0.25, 0.3) is 5.56 Å². The number of benzene rings is 1. The van der Waals surface area contributed by atoms with Crippen LogP contribution in [-0.4, -0.2) is 44.4 Å². The highest BCUT2D eigenvalue weighted by molar-refractivity contribution is 5.88. The highest BCUT2D eigenvalue weighted by Gasteiger charge is 2.34. The van der Waals surface area contributed by atoms with E-state index in [9.17, 15) is 9.18 Å². The number of nitrogens with zero attached hydrogens (tertiary/aromatic N) is 6. The van der Waals surface area contributed by atoms with Crippen molar-refractivity contribution in [2.45, 2.75) is 45.4 Å². The SMILES string of the molecule is CC(c1cccc(F)c1)N1C[C@H](C)N(c2cc(=O)n(C)c3cn(CC#N)nc23)C[C@H]1C. The average molecular weight is 423 g/mol. The highest BCUT2D eigenvalue weighted by atomic mass is 19.1. The van der Waals surface area contributed by atoms with Crippen molar-refractivity contribution < 1.29 is 4.39 Å². The van der Waals surface area contributed by atoms with Crippen molar-refractivity contribution >= 4 is 16.7 Å². The number of rotatable bonds is 4. The molecule has 1 saturated heterocycles. The molecule has 1 unspecified atom stereocenters. The van der Waals surface area contributed by atoms with Crippen LogP contribution >= 0.6 is 0 Å². The smallest absolute Gasteiger partial charge is 0.252 e. The Morgan fingerprint density at radius 2 is 2.03 bits per heavy atom. The van der Waals surface area contributed by atoms with Gasteiger partial charge in [0, 0.05) is 44.3 Å². The normalized spacial score (nSPS) is 20.7. The largest absolute Gasteiger partial charge is 0.364 e. The van der Waals surface area contributed by atoms with Gasteiger partial charge in [0.15, 0.2) is 0 Å². The van der Waals surface area contributed by atoms with Crippen LogP contribution in [-0.2, 0) is 13.6 Å². The Hall–Kier alpha value is -3.18. The zero-order valence-corrected chi connectivity index (χ0v) is 18.3. The number of pyridine rings is 1. The lowest BCUT2D eigenvalue weighted by Crippen LogP contribution is -2.57. The first-order chi connectivity index (χ1) is 14.8. The average Bonchev–Trinajstić information content (AvgIpc) is 3.16. The zero-order valence-electron chi connectivity index (χ0n) is 18.3.